The monoisotopic (exact) mass is 786 g/mol. The fourth-order valence-electron chi connectivity index (χ4n) is 9.33. The molecular formula is C43H46N6O7Si. The van der Waals surface area contributed by atoms with Crippen molar-refractivity contribution < 1.29 is 29.1 Å². The molecule has 2 fully saturated rings. The number of nitro benzene ring substituents is 1. The summed E-state index contributed by atoms with van der Waals surface area (Å²) in [5.41, 5.74) is 2.53. The highest BCUT2D eigenvalue weighted by Gasteiger charge is 2.66. The van der Waals surface area contributed by atoms with Crippen molar-refractivity contribution in [1.82, 2.24) is 15.0 Å². The van der Waals surface area contributed by atoms with Gasteiger partial charge in [-0.3, -0.25) is 24.4 Å². The summed E-state index contributed by atoms with van der Waals surface area (Å²) in [6, 6.07) is 30.0. The molecule has 0 aliphatic carbocycles. The molecule has 57 heavy (non-hydrogen) atoms. The van der Waals surface area contributed by atoms with E-state index in [1.54, 1.807) is 27.7 Å². The van der Waals surface area contributed by atoms with Gasteiger partial charge in [-0.25, -0.2) is 0 Å². The molecule has 0 saturated carbocycles. The number of anilines is 2. The van der Waals surface area contributed by atoms with Crippen LogP contribution >= 0.6 is 0 Å². The molecule has 0 bridgehead atoms. The third kappa shape index (κ3) is 6.60. The lowest BCUT2D eigenvalue weighted by Gasteiger charge is -2.37. The number of hydrogen-bond acceptors (Lipinski definition) is 9. The second-order valence-electron chi connectivity index (χ2n) is 15.8. The first kappa shape index (κ1) is 38.2. The number of ether oxygens (including phenoxy) is 2. The topological polar surface area (TPSA) is 153 Å². The number of non-ortho nitro benzene ring substituents is 1. The summed E-state index contributed by atoms with van der Waals surface area (Å²) in [4.78, 5) is 42.8. The first-order chi connectivity index (χ1) is 27.5. The fourth-order valence-corrected chi connectivity index (χ4v) is 13.4. The summed E-state index contributed by atoms with van der Waals surface area (Å²) in [5, 5.41) is 32.6. The van der Waals surface area contributed by atoms with Crippen LogP contribution in [-0.2, 0) is 33.0 Å². The number of carbonyl (C=O) groups is 2. The summed E-state index contributed by atoms with van der Waals surface area (Å²) in [5.74, 6) is -0.170. The van der Waals surface area contributed by atoms with Crippen molar-refractivity contribution in [1.29, 1.82) is 0 Å². The Morgan fingerprint density at radius 2 is 1.81 bits per heavy atom. The second-order valence-corrected chi connectivity index (χ2v) is 20.5. The number of amides is 2. The Labute approximate surface area is 332 Å². The number of aliphatic hydroxyl groups excluding tert-OH is 1. The molecule has 1 spiro atoms. The van der Waals surface area contributed by atoms with Crippen LogP contribution in [0.3, 0.4) is 0 Å². The lowest BCUT2D eigenvalue weighted by molar-refractivity contribution is -0.385. The maximum atomic E-state index is 15.3. The predicted octanol–water partition coefficient (Wildman–Crippen LogP) is 5.91. The van der Waals surface area contributed by atoms with E-state index in [0.717, 1.165) is 22.6 Å². The molecule has 3 aliphatic heterocycles. The van der Waals surface area contributed by atoms with E-state index in [9.17, 15) is 20.0 Å². The van der Waals surface area contributed by atoms with Crippen molar-refractivity contribution in [3.8, 4) is 5.75 Å². The van der Waals surface area contributed by atoms with Gasteiger partial charge in [0.05, 0.1) is 56.7 Å². The standard InChI is InChI=1S/C43H46N6O7Si/c1-28-41(57(3,4)34-16-14-33(55-2)15-17-34)39(19-21-46-26-37(44-45-46)35(27-50)30-10-6-5-7-11-30)56-43(28)36-24-32(49(53)54)13-18-38(36)48(42(43)52)25-29-9-8-12-31(23-29)47-22-20-40(47)51/h5-18,23-24,26,28,35,39,41,50H,19-22,25,27H2,1-4H3/t28-,35?,39+,41-,43+/m0/s1. The zero-order chi connectivity index (χ0) is 40.1. The van der Waals surface area contributed by atoms with Gasteiger partial charge in [0.25, 0.3) is 11.6 Å². The number of nitro groups is 1. The molecule has 5 atom stereocenters. The van der Waals surface area contributed by atoms with Crippen LogP contribution in [-0.4, -0.2) is 71.3 Å². The van der Waals surface area contributed by atoms with E-state index >= 15 is 4.79 Å². The molecule has 2 saturated heterocycles. The van der Waals surface area contributed by atoms with Gasteiger partial charge in [-0.05, 0) is 53.4 Å². The average molecular weight is 787 g/mol. The van der Waals surface area contributed by atoms with E-state index in [0.29, 0.717) is 42.9 Å². The second kappa shape index (κ2) is 15.0. The summed E-state index contributed by atoms with van der Waals surface area (Å²) in [6.45, 7) is 7.79. The molecule has 4 aromatic carbocycles. The number of fused-ring (bicyclic) bond motifs is 2. The Balaban J connectivity index is 1.17. The molecule has 3 aliphatic rings. The Morgan fingerprint density at radius 3 is 2.47 bits per heavy atom. The van der Waals surface area contributed by atoms with Crippen LogP contribution in [0.1, 0.15) is 48.1 Å². The van der Waals surface area contributed by atoms with Crippen LogP contribution in [0.4, 0.5) is 17.1 Å². The van der Waals surface area contributed by atoms with Gasteiger partial charge in [-0.15, -0.1) is 5.10 Å². The zero-order valence-electron chi connectivity index (χ0n) is 32.4. The molecule has 294 valence electrons. The Bertz CT molecular complexity index is 2320. The number of benzene rings is 4. The minimum atomic E-state index is -2.51. The van der Waals surface area contributed by atoms with Gasteiger partial charge in [0.15, 0.2) is 5.60 Å². The number of nitrogens with zero attached hydrogens (tertiary/aromatic N) is 6. The number of aromatic nitrogens is 3. The van der Waals surface area contributed by atoms with Crippen LogP contribution < -0.4 is 19.7 Å². The van der Waals surface area contributed by atoms with Crippen LogP contribution in [0.5, 0.6) is 5.75 Å². The lowest BCUT2D eigenvalue weighted by atomic mass is 9.82. The predicted molar refractivity (Wildman–Crippen MR) is 217 cm³/mol. The summed E-state index contributed by atoms with van der Waals surface area (Å²) < 4.78 is 14.5. The minimum Gasteiger partial charge on any atom is -0.497 e. The minimum absolute atomic E-state index is 0.0569. The molecule has 1 aromatic heterocycles. The number of aryl methyl sites for hydroxylation is 1. The normalized spacial score (nSPS) is 22.2. The van der Waals surface area contributed by atoms with Gasteiger partial charge in [0.1, 0.15) is 5.75 Å². The number of β-lactam (4-membered cyclic amide) rings is 1. The van der Waals surface area contributed by atoms with E-state index in [1.807, 2.05) is 72.9 Å². The lowest BCUT2D eigenvalue weighted by Crippen LogP contribution is -2.51. The van der Waals surface area contributed by atoms with Gasteiger partial charge < -0.3 is 24.4 Å². The van der Waals surface area contributed by atoms with Crippen molar-refractivity contribution in [2.75, 3.05) is 30.1 Å². The van der Waals surface area contributed by atoms with Crippen LogP contribution in [0.25, 0.3) is 0 Å². The van der Waals surface area contributed by atoms with E-state index < -0.39 is 24.7 Å². The smallest absolute Gasteiger partial charge is 0.269 e. The number of hydrogen-bond donors (Lipinski definition) is 1. The van der Waals surface area contributed by atoms with Crippen molar-refractivity contribution in [3.63, 3.8) is 0 Å². The van der Waals surface area contributed by atoms with Crippen LogP contribution in [0.2, 0.25) is 18.6 Å². The van der Waals surface area contributed by atoms with Crippen molar-refractivity contribution in [3.05, 3.63) is 136 Å². The van der Waals surface area contributed by atoms with E-state index in [-0.39, 0.29) is 48.0 Å². The van der Waals surface area contributed by atoms with E-state index in [2.05, 4.69) is 42.5 Å². The average Bonchev–Trinajstić information content (AvgIpc) is 3.87. The maximum absolute atomic E-state index is 15.3. The van der Waals surface area contributed by atoms with Crippen LogP contribution in [0, 0.1) is 16.0 Å². The highest BCUT2D eigenvalue weighted by atomic mass is 28.3. The molecule has 0 radical (unpaired) electrons. The Hall–Kier alpha value is -5.70. The van der Waals surface area contributed by atoms with Gasteiger partial charge in [-0.1, -0.05) is 85.0 Å². The molecular weight excluding hydrogens is 741 g/mol. The van der Waals surface area contributed by atoms with Gasteiger partial charge >= 0.3 is 0 Å². The molecule has 14 heteroatoms. The first-order valence-corrected chi connectivity index (χ1v) is 22.4. The molecule has 2 amide bonds. The molecule has 5 aromatic rings. The largest absolute Gasteiger partial charge is 0.497 e. The summed E-state index contributed by atoms with van der Waals surface area (Å²) in [6.07, 6.45) is 2.42. The maximum Gasteiger partial charge on any atom is 0.269 e. The summed E-state index contributed by atoms with van der Waals surface area (Å²) in [7, 11) is -0.874. The molecule has 8 rings (SSSR count). The summed E-state index contributed by atoms with van der Waals surface area (Å²) >= 11 is 0. The number of rotatable bonds is 13. The van der Waals surface area contributed by atoms with Crippen molar-refractivity contribution in [2.24, 2.45) is 5.92 Å². The van der Waals surface area contributed by atoms with Crippen LogP contribution in [0.15, 0.2) is 103 Å². The fraction of sp³-hybridized carbons (Fsp3) is 0.349. The molecule has 13 nitrogen and oxygen atoms in total. The SMILES string of the molecule is COc1ccc([Si](C)(C)[C@@H]2[C@@H](CCn3cc(C(CO)c4ccccc4)nn3)O[C@]3(C(=O)N(Cc4cccc(N5CCC5=O)c4)c4ccc([N+](=O)[O-])cc43)[C@H]2C)cc1. The molecule has 4 heterocycles. The van der Waals surface area contributed by atoms with Gasteiger partial charge in [-0.2, -0.15) is 0 Å². The number of carbonyl (C=O) groups excluding carboxylic acids is 2. The third-order valence-corrected chi connectivity index (χ3v) is 16.7. The molecule has 1 unspecified atom stereocenters. The van der Waals surface area contributed by atoms with E-state index in [1.165, 1.54) is 17.3 Å². The number of methoxy groups -OCH3 is 1. The van der Waals surface area contributed by atoms with Crippen molar-refractivity contribution in [2.45, 2.75) is 69.1 Å². The van der Waals surface area contributed by atoms with Gasteiger partial charge in [0, 0.05) is 55.0 Å². The third-order valence-electron chi connectivity index (χ3n) is 12.4. The first-order valence-electron chi connectivity index (χ1n) is 19.3. The van der Waals surface area contributed by atoms with Gasteiger partial charge in [0.2, 0.25) is 5.91 Å². The highest BCUT2D eigenvalue weighted by Crippen LogP contribution is 2.60. The number of aliphatic hydroxyl groups is 1. The van der Waals surface area contributed by atoms with E-state index in [4.69, 9.17) is 9.47 Å². The zero-order valence-corrected chi connectivity index (χ0v) is 33.4. The Kier molecular flexibility index (Phi) is 10.0. The Morgan fingerprint density at radius 1 is 1.04 bits per heavy atom. The van der Waals surface area contributed by atoms with Crippen molar-refractivity contribution >= 4 is 42.1 Å². The molecule has 1 N–H and O–H groups in total. The quantitative estimate of drug-likeness (QED) is 0.0665. The highest BCUT2D eigenvalue weighted by molar-refractivity contribution is 6.91.